The molecule has 0 saturated heterocycles. The summed E-state index contributed by atoms with van der Waals surface area (Å²) >= 11 is 0. The highest BCUT2D eigenvalue weighted by Crippen LogP contribution is 2.25. The van der Waals surface area contributed by atoms with Gasteiger partial charge in [0.2, 0.25) is 0 Å². The molecule has 0 aliphatic heterocycles. The minimum absolute atomic E-state index is 0.223. The molecule has 0 bridgehead atoms. The number of aromatic nitrogens is 1. The molecule has 20 heavy (non-hydrogen) atoms. The van der Waals surface area contributed by atoms with Gasteiger partial charge in [-0.2, -0.15) is 0 Å². The van der Waals surface area contributed by atoms with E-state index in [0.29, 0.717) is 0 Å². The van der Waals surface area contributed by atoms with Gasteiger partial charge in [-0.3, -0.25) is 4.98 Å². The third-order valence-electron chi connectivity index (χ3n) is 3.51. The molecule has 0 fully saturated rings. The average Bonchev–Trinajstić information content (AvgIpc) is 2.44. The fourth-order valence-electron chi connectivity index (χ4n) is 2.09. The van der Waals surface area contributed by atoms with Crippen LogP contribution in [0, 0.1) is 13.8 Å². The summed E-state index contributed by atoms with van der Waals surface area (Å²) in [6.07, 6.45) is 3.67. The lowest BCUT2D eigenvalue weighted by Crippen LogP contribution is -2.21. The van der Waals surface area contributed by atoms with Crippen LogP contribution >= 0.6 is 0 Å². The maximum Gasteiger partial charge on any atom is 0.148 e. The van der Waals surface area contributed by atoms with Gasteiger partial charge in [-0.05, 0) is 62.1 Å². The molecule has 1 unspecified atom stereocenters. The number of nitrogens with two attached hydrogens (primary N) is 1. The van der Waals surface area contributed by atoms with Gasteiger partial charge < -0.3 is 10.5 Å². The third kappa shape index (κ3) is 3.58. The van der Waals surface area contributed by atoms with Crippen molar-refractivity contribution < 1.29 is 4.74 Å². The van der Waals surface area contributed by atoms with Crippen LogP contribution in [0.5, 0.6) is 11.5 Å². The first-order valence-electron chi connectivity index (χ1n) is 7.04. The molecule has 2 rings (SSSR count). The van der Waals surface area contributed by atoms with Gasteiger partial charge in [-0.25, -0.2) is 0 Å². The summed E-state index contributed by atoms with van der Waals surface area (Å²) in [5.41, 5.74) is 9.41. The van der Waals surface area contributed by atoms with Gasteiger partial charge in [-0.1, -0.05) is 13.0 Å². The minimum atomic E-state index is 0.223. The number of ether oxygens (including phenoxy) is 1. The normalized spacial score (nSPS) is 12.2. The minimum Gasteiger partial charge on any atom is -0.455 e. The van der Waals surface area contributed by atoms with Crippen LogP contribution in [-0.4, -0.2) is 11.0 Å². The molecule has 1 aromatic heterocycles. The quantitative estimate of drug-likeness (QED) is 0.899. The molecule has 1 aromatic carbocycles. The second-order valence-corrected chi connectivity index (χ2v) is 5.15. The Labute approximate surface area is 120 Å². The maximum atomic E-state index is 6.02. The van der Waals surface area contributed by atoms with E-state index in [0.717, 1.165) is 30.0 Å². The van der Waals surface area contributed by atoms with E-state index in [1.54, 1.807) is 6.20 Å². The van der Waals surface area contributed by atoms with Crippen LogP contribution in [0.25, 0.3) is 0 Å². The summed E-state index contributed by atoms with van der Waals surface area (Å²) in [6.45, 7) is 6.15. The fourth-order valence-corrected chi connectivity index (χ4v) is 2.09. The monoisotopic (exact) mass is 270 g/mol. The van der Waals surface area contributed by atoms with E-state index in [1.807, 2.05) is 25.1 Å². The van der Waals surface area contributed by atoms with Crippen LogP contribution in [0.4, 0.5) is 0 Å². The standard InChI is InChI=1S/C17H22N2O/c1-4-15(18)11-14-7-8-16(10-12(14)2)20-17-6-5-9-19-13(17)3/h5-10,15H,4,11,18H2,1-3H3. The Bertz CT molecular complexity index is 581. The highest BCUT2D eigenvalue weighted by Gasteiger charge is 2.07. The lowest BCUT2D eigenvalue weighted by Gasteiger charge is -2.13. The van der Waals surface area contributed by atoms with E-state index in [4.69, 9.17) is 10.5 Å². The van der Waals surface area contributed by atoms with E-state index in [1.165, 1.54) is 11.1 Å². The summed E-state index contributed by atoms with van der Waals surface area (Å²) in [5, 5.41) is 0. The van der Waals surface area contributed by atoms with E-state index in [-0.39, 0.29) is 6.04 Å². The first-order valence-corrected chi connectivity index (χ1v) is 7.04. The van der Waals surface area contributed by atoms with Crippen molar-refractivity contribution in [2.24, 2.45) is 5.73 Å². The summed E-state index contributed by atoms with van der Waals surface area (Å²) in [6, 6.07) is 10.2. The van der Waals surface area contributed by atoms with Gasteiger partial charge >= 0.3 is 0 Å². The van der Waals surface area contributed by atoms with Crippen LogP contribution in [0.3, 0.4) is 0 Å². The summed E-state index contributed by atoms with van der Waals surface area (Å²) in [5.74, 6) is 1.64. The predicted octanol–water partition coefficient (Wildman–Crippen LogP) is 3.77. The molecule has 0 spiro atoms. The molecule has 0 amide bonds. The highest BCUT2D eigenvalue weighted by atomic mass is 16.5. The highest BCUT2D eigenvalue weighted by molar-refractivity contribution is 5.39. The van der Waals surface area contributed by atoms with E-state index < -0.39 is 0 Å². The average molecular weight is 270 g/mol. The van der Waals surface area contributed by atoms with Crippen LogP contribution < -0.4 is 10.5 Å². The van der Waals surface area contributed by atoms with Crippen LogP contribution in [-0.2, 0) is 6.42 Å². The number of pyridine rings is 1. The molecule has 1 atom stereocenters. The van der Waals surface area contributed by atoms with Gasteiger partial charge in [0.25, 0.3) is 0 Å². The zero-order valence-electron chi connectivity index (χ0n) is 12.4. The van der Waals surface area contributed by atoms with Crippen molar-refractivity contribution in [1.29, 1.82) is 0 Å². The van der Waals surface area contributed by atoms with Gasteiger partial charge in [0.05, 0.1) is 5.69 Å². The summed E-state index contributed by atoms with van der Waals surface area (Å²) in [4.78, 5) is 4.22. The van der Waals surface area contributed by atoms with Crippen molar-refractivity contribution in [3.05, 3.63) is 53.3 Å². The van der Waals surface area contributed by atoms with Crippen LogP contribution in [0.1, 0.15) is 30.2 Å². The number of nitrogens with zero attached hydrogens (tertiary/aromatic N) is 1. The number of aryl methyl sites for hydroxylation is 2. The zero-order valence-corrected chi connectivity index (χ0v) is 12.4. The molecule has 0 radical (unpaired) electrons. The molecule has 106 valence electrons. The topological polar surface area (TPSA) is 48.1 Å². The van der Waals surface area contributed by atoms with Gasteiger partial charge in [0.15, 0.2) is 0 Å². The molecule has 3 nitrogen and oxygen atoms in total. The Kier molecular flexibility index (Phi) is 4.74. The molecule has 0 aliphatic carbocycles. The first-order chi connectivity index (χ1) is 9.60. The molecule has 2 N–H and O–H groups in total. The number of benzene rings is 1. The second kappa shape index (κ2) is 6.53. The van der Waals surface area contributed by atoms with Crippen molar-refractivity contribution >= 4 is 0 Å². The Balaban J connectivity index is 2.15. The van der Waals surface area contributed by atoms with Gasteiger partial charge in [0.1, 0.15) is 11.5 Å². The molecule has 3 heteroatoms. The van der Waals surface area contributed by atoms with E-state index >= 15 is 0 Å². The number of rotatable bonds is 5. The molecule has 1 heterocycles. The molecule has 2 aromatic rings. The number of hydrogen-bond acceptors (Lipinski definition) is 3. The smallest absolute Gasteiger partial charge is 0.148 e. The van der Waals surface area contributed by atoms with Crippen LogP contribution in [0.15, 0.2) is 36.5 Å². The largest absolute Gasteiger partial charge is 0.455 e. The van der Waals surface area contributed by atoms with Crippen LogP contribution in [0.2, 0.25) is 0 Å². The van der Waals surface area contributed by atoms with Crippen molar-refractivity contribution in [3.8, 4) is 11.5 Å². The molecule has 0 saturated carbocycles. The SMILES string of the molecule is CCC(N)Cc1ccc(Oc2cccnc2C)cc1C. The lowest BCUT2D eigenvalue weighted by molar-refractivity contribution is 0.475. The molecular formula is C17H22N2O. The summed E-state index contributed by atoms with van der Waals surface area (Å²) in [7, 11) is 0. The number of hydrogen-bond donors (Lipinski definition) is 1. The van der Waals surface area contributed by atoms with E-state index in [2.05, 4.69) is 31.0 Å². The van der Waals surface area contributed by atoms with Crippen molar-refractivity contribution in [3.63, 3.8) is 0 Å². The Morgan fingerprint density at radius 2 is 2.05 bits per heavy atom. The first kappa shape index (κ1) is 14.5. The van der Waals surface area contributed by atoms with Crippen molar-refractivity contribution in [1.82, 2.24) is 4.98 Å². The maximum absolute atomic E-state index is 6.02. The Morgan fingerprint density at radius 1 is 1.25 bits per heavy atom. The molecular weight excluding hydrogens is 248 g/mol. The molecule has 0 aliphatic rings. The van der Waals surface area contributed by atoms with Crippen molar-refractivity contribution in [2.45, 2.75) is 39.7 Å². The zero-order chi connectivity index (χ0) is 14.5. The van der Waals surface area contributed by atoms with Crippen molar-refractivity contribution in [2.75, 3.05) is 0 Å². The fraction of sp³-hybridized carbons (Fsp3) is 0.353. The lowest BCUT2D eigenvalue weighted by atomic mass is 10.00. The van der Waals surface area contributed by atoms with Gasteiger partial charge in [0, 0.05) is 12.2 Å². The Morgan fingerprint density at radius 3 is 2.70 bits per heavy atom. The van der Waals surface area contributed by atoms with E-state index in [9.17, 15) is 0 Å². The summed E-state index contributed by atoms with van der Waals surface area (Å²) < 4.78 is 5.88. The second-order valence-electron chi connectivity index (χ2n) is 5.15. The van der Waals surface area contributed by atoms with Gasteiger partial charge in [-0.15, -0.1) is 0 Å². The predicted molar refractivity (Wildman–Crippen MR) is 82.2 cm³/mol. The third-order valence-corrected chi connectivity index (χ3v) is 3.51. The Hall–Kier alpha value is -1.87.